The molecule has 10 heteroatoms. The van der Waals surface area contributed by atoms with Gasteiger partial charge >= 0.3 is 11.9 Å². The Hall–Kier alpha value is -4.47. The minimum absolute atomic E-state index is 0.0180. The largest absolute Gasteiger partial charge is 0.465 e. The van der Waals surface area contributed by atoms with Crippen molar-refractivity contribution in [2.45, 2.75) is 26.1 Å². The molecule has 0 aliphatic carbocycles. The predicted molar refractivity (Wildman–Crippen MR) is 160 cm³/mol. The number of ether oxygens (including phenoxy) is 2. The first-order valence-electron chi connectivity index (χ1n) is 13.5. The molecule has 3 aromatic carbocycles. The third-order valence-corrected chi connectivity index (χ3v) is 6.98. The number of hydrogen-bond acceptors (Lipinski definition) is 8. The zero-order valence-electron chi connectivity index (χ0n) is 23.4. The number of ketones is 1. The summed E-state index contributed by atoms with van der Waals surface area (Å²) >= 11 is 5.96. The topological polar surface area (TPSA) is 114 Å². The van der Waals surface area contributed by atoms with Crippen molar-refractivity contribution in [2.24, 2.45) is 0 Å². The number of rotatable bonds is 12. The number of carbonyl (C=O) groups excluding carboxylic acids is 4. The molecule has 1 aliphatic rings. The van der Waals surface area contributed by atoms with E-state index >= 15 is 0 Å². The first kappa shape index (κ1) is 30.5. The summed E-state index contributed by atoms with van der Waals surface area (Å²) in [6.45, 7) is 3.48. The highest BCUT2D eigenvalue weighted by Crippen LogP contribution is 2.21. The SMILES string of the molecule is CCOC(=O)C(NCc1cc(C(=O)OC)ccc1NCc1ccc(C(=O)N2CC=CC2)cc1)C(=O)c1ccc(Cl)cc1. The van der Waals surface area contributed by atoms with Gasteiger partial charge in [0.05, 0.1) is 19.3 Å². The minimum atomic E-state index is -1.28. The Labute approximate surface area is 249 Å². The Bertz CT molecular complexity index is 1460. The molecule has 0 aromatic heterocycles. The van der Waals surface area contributed by atoms with Crippen LogP contribution in [0, 0.1) is 0 Å². The number of hydrogen-bond donors (Lipinski definition) is 2. The summed E-state index contributed by atoms with van der Waals surface area (Å²) in [6, 6.07) is 17.3. The number of amides is 1. The van der Waals surface area contributed by atoms with Crippen LogP contribution in [-0.4, -0.2) is 61.4 Å². The zero-order valence-corrected chi connectivity index (χ0v) is 24.1. The second-order valence-corrected chi connectivity index (χ2v) is 9.97. The van der Waals surface area contributed by atoms with E-state index in [-0.39, 0.29) is 19.1 Å². The molecule has 4 rings (SSSR count). The second kappa shape index (κ2) is 14.4. The number of nitrogens with zero attached hydrogens (tertiary/aromatic N) is 1. The number of benzene rings is 3. The Morgan fingerprint density at radius 2 is 1.52 bits per heavy atom. The molecule has 1 unspecified atom stereocenters. The molecule has 0 spiro atoms. The number of halogens is 1. The lowest BCUT2D eigenvalue weighted by atomic mass is 10.0. The Morgan fingerprint density at radius 1 is 0.881 bits per heavy atom. The van der Waals surface area contributed by atoms with E-state index < -0.39 is 23.8 Å². The van der Waals surface area contributed by atoms with Gasteiger partial charge in [0.25, 0.3) is 5.91 Å². The van der Waals surface area contributed by atoms with Gasteiger partial charge in [-0.3, -0.25) is 14.9 Å². The molecule has 42 heavy (non-hydrogen) atoms. The van der Waals surface area contributed by atoms with E-state index in [1.54, 1.807) is 66.4 Å². The third-order valence-electron chi connectivity index (χ3n) is 6.73. The average Bonchev–Trinajstić information content (AvgIpc) is 3.55. The van der Waals surface area contributed by atoms with Gasteiger partial charge in [-0.15, -0.1) is 0 Å². The molecule has 9 nitrogen and oxygen atoms in total. The van der Waals surface area contributed by atoms with Crippen LogP contribution in [0.25, 0.3) is 0 Å². The molecule has 3 aromatic rings. The second-order valence-electron chi connectivity index (χ2n) is 9.53. The van der Waals surface area contributed by atoms with Crippen LogP contribution in [0.1, 0.15) is 49.1 Å². The van der Waals surface area contributed by atoms with E-state index in [0.29, 0.717) is 52.6 Å². The summed E-state index contributed by atoms with van der Waals surface area (Å²) in [4.78, 5) is 52.7. The number of carbonyl (C=O) groups is 4. The fourth-order valence-corrected chi connectivity index (χ4v) is 4.57. The third kappa shape index (κ3) is 7.63. The highest BCUT2D eigenvalue weighted by Gasteiger charge is 2.29. The molecule has 0 saturated carbocycles. The van der Waals surface area contributed by atoms with E-state index in [2.05, 4.69) is 10.6 Å². The van der Waals surface area contributed by atoms with Crippen molar-refractivity contribution in [1.29, 1.82) is 0 Å². The van der Waals surface area contributed by atoms with E-state index in [4.69, 9.17) is 21.1 Å². The van der Waals surface area contributed by atoms with Crippen molar-refractivity contribution >= 4 is 40.9 Å². The molecular weight excluding hydrogens is 558 g/mol. The van der Waals surface area contributed by atoms with E-state index in [1.807, 2.05) is 24.3 Å². The van der Waals surface area contributed by atoms with Gasteiger partial charge in [-0.25, -0.2) is 9.59 Å². The van der Waals surface area contributed by atoms with Gasteiger partial charge < -0.3 is 19.7 Å². The van der Waals surface area contributed by atoms with Crippen LogP contribution in [0.4, 0.5) is 5.69 Å². The zero-order chi connectivity index (χ0) is 30.1. The molecule has 218 valence electrons. The maximum atomic E-state index is 13.2. The standard InChI is InChI=1S/C32H32ClN3O6/c1-3-42-32(40)28(29(37)22-10-13-26(33)14-11-22)35-20-25-18-24(31(39)41-2)12-15-27(25)34-19-21-6-8-23(9-7-21)30(38)36-16-4-5-17-36/h4-15,18,28,34-35H,3,16-17,19-20H2,1-2H3. The normalized spacial score (nSPS) is 13.0. The fourth-order valence-electron chi connectivity index (χ4n) is 4.45. The van der Waals surface area contributed by atoms with Crippen molar-refractivity contribution in [1.82, 2.24) is 10.2 Å². The van der Waals surface area contributed by atoms with E-state index in [9.17, 15) is 19.2 Å². The Balaban J connectivity index is 1.51. The average molecular weight is 590 g/mol. The van der Waals surface area contributed by atoms with Gasteiger partial charge in [0.15, 0.2) is 11.8 Å². The lowest BCUT2D eigenvalue weighted by molar-refractivity contribution is -0.144. The van der Waals surface area contributed by atoms with Crippen LogP contribution in [0.15, 0.2) is 78.9 Å². The molecular formula is C32H32ClN3O6. The lowest BCUT2D eigenvalue weighted by Crippen LogP contribution is -2.44. The molecule has 1 heterocycles. The van der Waals surface area contributed by atoms with Crippen molar-refractivity contribution in [2.75, 3.05) is 32.1 Å². The van der Waals surface area contributed by atoms with Gasteiger partial charge in [0, 0.05) is 48.0 Å². The number of Topliss-reactive ketones (excluding diaryl/α,β-unsaturated/α-hetero) is 1. The minimum Gasteiger partial charge on any atom is -0.465 e. The lowest BCUT2D eigenvalue weighted by Gasteiger charge is -2.19. The monoisotopic (exact) mass is 589 g/mol. The van der Waals surface area contributed by atoms with Gasteiger partial charge in [-0.2, -0.15) is 0 Å². The maximum absolute atomic E-state index is 13.2. The molecule has 1 atom stereocenters. The molecule has 0 fully saturated rings. The van der Waals surface area contributed by atoms with Gasteiger partial charge in [0.1, 0.15) is 0 Å². The summed E-state index contributed by atoms with van der Waals surface area (Å²) in [7, 11) is 1.29. The summed E-state index contributed by atoms with van der Waals surface area (Å²) in [5.74, 6) is -1.72. The number of nitrogens with one attached hydrogen (secondary N) is 2. The van der Waals surface area contributed by atoms with Crippen LogP contribution in [-0.2, 0) is 27.4 Å². The quantitative estimate of drug-likeness (QED) is 0.136. The summed E-state index contributed by atoms with van der Waals surface area (Å²) < 4.78 is 10.0. The van der Waals surface area contributed by atoms with Crippen molar-refractivity contribution in [3.63, 3.8) is 0 Å². The Morgan fingerprint density at radius 3 is 2.17 bits per heavy atom. The van der Waals surface area contributed by atoms with Crippen LogP contribution in [0.3, 0.4) is 0 Å². The molecule has 0 bridgehead atoms. The number of methoxy groups -OCH3 is 1. The van der Waals surface area contributed by atoms with Gasteiger partial charge in [-0.1, -0.05) is 35.9 Å². The molecule has 2 N–H and O–H groups in total. The number of esters is 2. The smallest absolute Gasteiger partial charge is 0.337 e. The Kier molecular flexibility index (Phi) is 10.5. The van der Waals surface area contributed by atoms with Gasteiger partial charge in [-0.05, 0) is 72.6 Å². The first-order valence-corrected chi connectivity index (χ1v) is 13.9. The summed E-state index contributed by atoms with van der Waals surface area (Å²) in [5.41, 5.74) is 3.48. The molecule has 1 aliphatic heterocycles. The maximum Gasteiger partial charge on any atom is 0.337 e. The van der Waals surface area contributed by atoms with Crippen molar-refractivity contribution in [3.8, 4) is 0 Å². The van der Waals surface area contributed by atoms with E-state index in [1.165, 1.54) is 7.11 Å². The van der Waals surface area contributed by atoms with Crippen molar-refractivity contribution < 1.29 is 28.7 Å². The molecule has 1 amide bonds. The van der Waals surface area contributed by atoms with Crippen LogP contribution >= 0.6 is 11.6 Å². The predicted octanol–water partition coefficient (Wildman–Crippen LogP) is 4.65. The molecule has 0 radical (unpaired) electrons. The summed E-state index contributed by atoms with van der Waals surface area (Å²) in [6.07, 6.45) is 3.94. The highest BCUT2D eigenvalue weighted by molar-refractivity contribution is 6.30. The van der Waals surface area contributed by atoms with E-state index in [0.717, 1.165) is 5.56 Å². The van der Waals surface area contributed by atoms with Crippen LogP contribution in [0.2, 0.25) is 5.02 Å². The van der Waals surface area contributed by atoms with Crippen LogP contribution < -0.4 is 10.6 Å². The first-order chi connectivity index (χ1) is 20.3. The fraction of sp³-hybridized carbons (Fsp3) is 0.250. The van der Waals surface area contributed by atoms with Gasteiger partial charge in [0.2, 0.25) is 0 Å². The molecule has 0 saturated heterocycles. The number of anilines is 1. The highest BCUT2D eigenvalue weighted by atomic mass is 35.5. The summed E-state index contributed by atoms with van der Waals surface area (Å²) in [5, 5.41) is 6.82. The van der Waals surface area contributed by atoms with Crippen LogP contribution in [0.5, 0.6) is 0 Å². The van der Waals surface area contributed by atoms with Crippen molar-refractivity contribution in [3.05, 3.63) is 112 Å².